The van der Waals surface area contributed by atoms with E-state index in [0.717, 1.165) is 0 Å². The number of carbonyl (C=O) groups excluding carboxylic acids is 2. The Bertz CT molecular complexity index is 675. The van der Waals surface area contributed by atoms with E-state index in [0.29, 0.717) is 28.0 Å². The Morgan fingerprint density at radius 1 is 1.25 bits per heavy atom. The second kappa shape index (κ2) is 8.49. The molecule has 0 bridgehead atoms. The summed E-state index contributed by atoms with van der Waals surface area (Å²) < 4.78 is 29.6. The highest BCUT2D eigenvalue weighted by atomic mass is 32.2. The lowest BCUT2D eigenvalue weighted by atomic mass is 10.2. The van der Waals surface area contributed by atoms with E-state index in [1.807, 2.05) is 0 Å². The summed E-state index contributed by atoms with van der Waals surface area (Å²) >= 11 is 0.412. The first-order valence-corrected chi connectivity index (χ1v) is 7.93. The van der Waals surface area contributed by atoms with Crippen molar-refractivity contribution in [2.75, 3.05) is 13.6 Å². The van der Waals surface area contributed by atoms with Crippen LogP contribution in [0.25, 0.3) is 0 Å². The molecule has 5 nitrogen and oxygen atoms in total. The van der Waals surface area contributed by atoms with Crippen molar-refractivity contribution in [2.45, 2.75) is 17.2 Å². The van der Waals surface area contributed by atoms with Gasteiger partial charge >= 0.3 is 0 Å². The van der Waals surface area contributed by atoms with E-state index in [1.165, 1.54) is 42.5 Å². The number of carbonyl (C=O) groups is 2. The molecule has 2 aromatic rings. The lowest BCUT2D eigenvalue weighted by Crippen LogP contribution is -2.38. The van der Waals surface area contributed by atoms with Crippen molar-refractivity contribution in [1.29, 1.82) is 0 Å². The van der Waals surface area contributed by atoms with E-state index in [4.69, 9.17) is 4.42 Å². The summed E-state index contributed by atoms with van der Waals surface area (Å²) in [7, 11) is 1.50. The zero-order valence-corrected chi connectivity index (χ0v) is 13.7. The summed E-state index contributed by atoms with van der Waals surface area (Å²) in [5.74, 6) is -2.58. The van der Waals surface area contributed by atoms with Crippen molar-refractivity contribution in [2.24, 2.45) is 0 Å². The molecule has 0 radical (unpaired) electrons. The van der Waals surface area contributed by atoms with E-state index >= 15 is 0 Å². The number of likely N-dealkylation sites (N-methyl/N-ethyl adjacent to an activating group) is 1. The molecule has 1 heterocycles. The number of alkyl halides is 2. The smallest absolute Gasteiger partial charge is 0.288 e. The first kappa shape index (κ1) is 18.0. The maximum atomic E-state index is 12.3. The van der Waals surface area contributed by atoms with E-state index in [9.17, 15) is 18.4 Å². The number of rotatable bonds is 7. The second-order valence-electron chi connectivity index (χ2n) is 4.92. The van der Waals surface area contributed by atoms with E-state index < -0.39 is 5.76 Å². The summed E-state index contributed by atoms with van der Waals surface area (Å²) in [5, 5.41) is 2.64. The van der Waals surface area contributed by atoms with Crippen LogP contribution in [0.15, 0.2) is 52.0 Å². The van der Waals surface area contributed by atoms with Gasteiger partial charge < -0.3 is 14.6 Å². The van der Waals surface area contributed by atoms with Crippen molar-refractivity contribution >= 4 is 23.6 Å². The predicted molar refractivity (Wildman–Crippen MR) is 85.8 cm³/mol. The number of nitrogens with one attached hydrogen (secondary N) is 1. The average molecular weight is 354 g/mol. The molecule has 2 amide bonds. The molecule has 1 aromatic carbocycles. The van der Waals surface area contributed by atoms with Crippen LogP contribution in [0.2, 0.25) is 0 Å². The highest BCUT2D eigenvalue weighted by molar-refractivity contribution is 7.99. The lowest BCUT2D eigenvalue weighted by Gasteiger charge is -2.16. The normalized spacial score (nSPS) is 10.7. The molecule has 0 aliphatic carbocycles. The minimum atomic E-state index is -2.51. The molecule has 0 aliphatic rings. The highest BCUT2D eigenvalue weighted by Gasteiger charge is 2.15. The molecule has 0 aliphatic heterocycles. The minimum Gasteiger partial charge on any atom is -0.467 e. The average Bonchev–Trinajstić information content (AvgIpc) is 3.06. The molecule has 8 heteroatoms. The summed E-state index contributed by atoms with van der Waals surface area (Å²) in [5.41, 5.74) is 0.329. The van der Waals surface area contributed by atoms with Crippen LogP contribution in [0, 0.1) is 0 Å². The summed E-state index contributed by atoms with van der Waals surface area (Å²) in [6, 6.07) is 9.28. The van der Waals surface area contributed by atoms with Crippen LogP contribution in [-0.2, 0) is 11.3 Å². The van der Waals surface area contributed by atoms with Crippen molar-refractivity contribution in [3.63, 3.8) is 0 Å². The van der Waals surface area contributed by atoms with Gasteiger partial charge in [-0.3, -0.25) is 9.59 Å². The van der Waals surface area contributed by atoms with Crippen LogP contribution in [0.1, 0.15) is 16.1 Å². The van der Waals surface area contributed by atoms with Gasteiger partial charge in [-0.15, -0.1) is 0 Å². The van der Waals surface area contributed by atoms with Crippen LogP contribution in [-0.4, -0.2) is 36.1 Å². The van der Waals surface area contributed by atoms with E-state index in [1.54, 1.807) is 12.1 Å². The molecule has 128 valence electrons. The number of hydrogen-bond acceptors (Lipinski definition) is 4. The fourth-order valence-electron chi connectivity index (χ4n) is 1.94. The first-order chi connectivity index (χ1) is 11.5. The summed E-state index contributed by atoms with van der Waals surface area (Å²) in [4.78, 5) is 25.7. The Balaban J connectivity index is 1.85. The largest absolute Gasteiger partial charge is 0.467 e. The Morgan fingerprint density at radius 3 is 2.54 bits per heavy atom. The molecule has 0 saturated heterocycles. The Kier molecular flexibility index (Phi) is 6.36. The quantitative estimate of drug-likeness (QED) is 0.777. The van der Waals surface area contributed by atoms with E-state index in [-0.39, 0.29) is 24.9 Å². The molecular weight excluding hydrogens is 338 g/mol. The second-order valence-corrected chi connectivity index (χ2v) is 5.98. The summed E-state index contributed by atoms with van der Waals surface area (Å²) in [6.07, 6.45) is 1.51. The Morgan fingerprint density at radius 2 is 1.96 bits per heavy atom. The van der Waals surface area contributed by atoms with Crippen molar-refractivity contribution in [1.82, 2.24) is 10.2 Å². The number of benzene rings is 1. The molecular formula is C16H16F2N2O3S. The molecule has 0 unspecified atom stereocenters. The topological polar surface area (TPSA) is 62.6 Å². The summed E-state index contributed by atoms with van der Waals surface area (Å²) in [6.45, 7) is 0.125. The van der Waals surface area contributed by atoms with Gasteiger partial charge in [-0.25, -0.2) is 0 Å². The molecule has 0 saturated carbocycles. The molecule has 0 fully saturated rings. The van der Waals surface area contributed by atoms with Gasteiger partial charge in [0.1, 0.15) is 5.76 Å². The molecule has 1 aromatic heterocycles. The van der Waals surface area contributed by atoms with Gasteiger partial charge in [0.05, 0.1) is 19.4 Å². The zero-order chi connectivity index (χ0) is 17.5. The van der Waals surface area contributed by atoms with Crippen LogP contribution in [0.4, 0.5) is 8.78 Å². The third-order valence-corrected chi connectivity index (χ3v) is 3.82. The van der Waals surface area contributed by atoms with Crippen LogP contribution < -0.4 is 5.32 Å². The van der Waals surface area contributed by atoms with Gasteiger partial charge in [0.25, 0.3) is 11.7 Å². The van der Waals surface area contributed by atoms with Crippen molar-refractivity contribution in [3.05, 3.63) is 54.0 Å². The van der Waals surface area contributed by atoms with Gasteiger partial charge in [0.2, 0.25) is 5.91 Å². The molecule has 24 heavy (non-hydrogen) atoms. The molecule has 0 atom stereocenters. The third kappa shape index (κ3) is 5.38. The maximum absolute atomic E-state index is 12.3. The first-order valence-electron chi connectivity index (χ1n) is 7.05. The van der Waals surface area contributed by atoms with Gasteiger partial charge in [0.15, 0.2) is 0 Å². The number of halogens is 2. The fraction of sp³-hybridized carbons (Fsp3) is 0.250. The van der Waals surface area contributed by atoms with Crippen LogP contribution in [0.3, 0.4) is 0 Å². The maximum Gasteiger partial charge on any atom is 0.288 e. The van der Waals surface area contributed by atoms with Gasteiger partial charge in [0, 0.05) is 17.5 Å². The standard InChI is InChI=1S/C16H16F2N2O3S/c1-20(10-14(21)19-9-12-3-2-8-23-12)15(22)11-4-6-13(7-5-11)24-16(17)18/h2-8,16H,9-10H2,1H3,(H,19,21). The van der Waals surface area contributed by atoms with Crippen LogP contribution in [0.5, 0.6) is 0 Å². The highest BCUT2D eigenvalue weighted by Crippen LogP contribution is 2.25. The van der Waals surface area contributed by atoms with Gasteiger partial charge in [-0.2, -0.15) is 8.78 Å². The van der Waals surface area contributed by atoms with Gasteiger partial charge in [-0.05, 0) is 36.4 Å². The molecule has 0 spiro atoms. The SMILES string of the molecule is CN(CC(=O)NCc1ccco1)C(=O)c1ccc(SC(F)F)cc1. The number of furan rings is 1. The third-order valence-electron chi connectivity index (χ3n) is 3.09. The fourth-order valence-corrected chi connectivity index (χ4v) is 2.44. The predicted octanol–water partition coefficient (Wildman–Crippen LogP) is 2.98. The zero-order valence-electron chi connectivity index (χ0n) is 12.9. The minimum absolute atomic E-state index is 0.118. The molecule has 1 N–H and O–H groups in total. The van der Waals surface area contributed by atoms with Crippen molar-refractivity contribution in [3.8, 4) is 0 Å². The van der Waals surface area contributed by atoms with E-state index in [2.05, 4.69) is 5.32 Å². The number of hydrogen-bond donors (Lipinski definition) is 1. The number of nitrogens with zero attached hydrogens (tertiary/aromatic N) is 1. The number of thioether (sulfide) groups is 1. The lowest BCUT2D eigenvalue weighted by molar-refractivity contribution is -0.121. The van der Waals surface area contributed by atoms with Crippen molar-refractivity contribution < 1.29 is 22.8 Å². The number of amides is 2. The Labute approximate surface area is 142 Å². The van der Waals surface area contributed by atoms with Crippen LogP contribution >= 0.6 is 11.8 Å². The Hall–Kier alpha value is -2.35. The van der Waals surface area contributed by atoms with Gasteiger partial charge in [-0.1, -0.05) is 11.8 Å². The monoisotopic (exact) mass is 354 g/mol. The molecule has 2 rings (SSSR count).